The number of ether oxygens (including phenoxy) is 1. The number of nitrogens with one attached hydrogen (secondary N) is 1. The van der Waals surface area contributed by atoms with Crippen molar-refractivity contribution in [3.8, 4) is 0 Å². The predicted molar refractivity (Wildman–Crippen MR) is 113 cm³/mol. The minimum absolute atomic E-state index is 0.194. The fraction of sp³-hybridized carbons (Fsp3) is 0.227. The van der Waals surface area contributed by atoms with Crippen LogP contribution in [0.25, 0.3) is 17.0 Å². The molecule has 0 radical (unpaired) electrons. The van der Waals surface area contributed by atoms with Crippen LogP contribution in [0.5, 0.6) is 0 Å². The summed E-state index contributed by atoms with van der Waals surface area (Å²) in [6, 6.07) is 15.4. The van der Waals surface area contributed by atoms with E-state index in [1.54, 1.807) is 48.5 Å². The zero-order valence-corrected chi connectivity index (χ0v) is 17.0. The molecule has 1 fully saturated rings. The first-order valence-corrected chi connectivity index (χ1v) is 11.2. The van der Waals surface area contributed by atoms with Crippen LogP contribution < -0.4 is 5.48 Å². The maximum absolute atomic E-state index is 13.1. The molecule has 0 aliphatic carbocycles. The van der Waals surface area contributed by atoms with Crippen LogP contribution in [0.3, 0.4) is 0 Å². The third-order valence-electron chi connectivity index (χ3n) is 4.85. The van der Waals surface area contributed by atoms with Crippen LogP contribution in [0.2, 0.25) is 0 Å². The van der Waals surface area contributed by atoms with Crippen molar-refractivity contribution in [2.24, 2.45) is 0 Å². The molecule has 8 heteroatoms. The second kappa shape index (κ2) is 8.83. The van der Waals surface area contributed by atoms with Gasteiger partial charge in [-0.3, -0.25) is 4.79 Å². The molecule has 0 spiro atoms. The topological polar surface area (TPSA) is 86.6 Å². The number of amides is 1. The number of carbonyl (C=O) groups excluding carboxylic acids is 1. The third-order valence-corrected chi connectivity index (χ3v) is 6.54. The Hall–Kier alpha value is -2.94. The molecule has 1 saturated heterocycles. The molecule has 156 valence electrons. The Bertz CT molecular complexity index is 1160. The Morgan fingerprint density at radius 3 is 2.63 bits per heavy atom. The first-order chi connectivity index (χ1) is 14.6. The summed E-state index contributed by atoms with van der Waals surface area (Å²) >= 11 is 0. The van der Waals surface area contributed by atoms with Crippen molar-refractivity contribution in [2.75, 3.05) is 6.61 Å². The van der Waals surface area contributed by atoms with Crippen LogP contribution >= 0.6 is 0 Å². The van der Waals surface area contributed by atoms with Crippen LogP contribution in [0.1, 0.15) is 24.8 Å². The summed E-state index contributed by atoms with van der Waals surface area (Å²) in [5.74, 6) is -0.452. The van der Waals surface area contributed by atoms with Crippen LogP contribution in [0.15, 0.2) is 71.8 Å². The summed E-state index contributed by atoms with van der Waals surface area (Å²) in [5, 5.41) is 0.720. The molecule has 0 saturated carbocycles. The van der Waals surface area contributed by atoms with Gasteiger partial charge in [-0.15, -0.1) is 0 Å². The molecule has 1 aromatic heterocycles. The molecule has 1 N–H and O–H groups in total. The summed E-state index contributed by atoms with van der Waals surface area (Å²) in [7, 11) is -3.77. The fourth-order valence-corrected chi connectivity index (χ4v) is 4.74. The summed E-state index contributed by atoms with van der Waals surface area (Å²) in [4.78, 5) is 17.6. The zero-order chi connectivity index (χ0) is 21.0. The van der Waals surface area contributed by atoms with Gasteiger partial charge in [-0.05, 0) is 37.1 Å². The van der Waals surface area contributed by atoms with E-state index in [0.29, 0.717) is 17.7 Å². The molecule has 1 aliphatic heterocycles. The highest BCUT2D eigenvalue weighted by Crippen LogP contribution is 2.26. The molecule has 1 unspecified atom stereocenters. The van der Waals surface area contributed by atoms with Gasteiger partial charge < -0.3 is 4.74 Å². The second-order valence-electron chi connectivity index (χ2n) is 6.93. The highest BCUT2D eigenvalue weighted by Gasteiger charge is 2.20. The zero-order valence-electron chi connectivity index (χ0n) is 16.2. The number of fused-ring (bicyclic) bond motifs is 1. The van der Waals surface area contributed by atoms with Crippen molar-refractivity contribution in [1.29, 1.82) is 0 Å². The molecule has 0 bridgehead atoms. The van der Waals surface area contributed by atoms with Gasteiger partial charge in [-0.1, -0.05) is 36.4 Å². The van der Waals surface area contributed by atoms with E-state index < -0.39 is 22.2 Å². The van der Waals surface area contributed by atoms with Crippen LogP contribution in [-0.2, 0) is 24.4 Å². The molecule has 4 rings (SSSR count). The monoisotopic (exact) mass is 426 g/mol. The van der Waals surface area contributed by atoms with Gasteiger partial charge in [0.15, 0.2) is 6.29 Å². The number of hydroxylamine groups is 1. The van der Waals surface area contributed by atoms with Crippen molar-refractivity contribution in [2.45, 2.75) is 30.4 Å². The normalized spacial score (nSPS) is 17.4. The number of carbonyl (C=O) groups is 1. The van der Waals surface area contributed by atoms with Crippen molar-refractivity contribution < 1.29 is 22.8 Å². The number of benzene rings is 2. The summed E-state index contributed by atoms with van der Waals surface area (Å²) in [6.45, 7) is 0.617. The number of rotatable bonds is 6. The minimum atomic E-state index is -3.77. The van der Waals surface area contributed by atoms with Crippen molar-refractivity contribution in [3.63, 3.8) is 0 Å². The van der Waals surface area contributed by atoms with Gasteiger partial charge in [0.2, 0.25) is 0 Å². The number of hydrogen-bond acceptors (Lipinski definition) is 5. The molecule has 1 amide bonds. The number of nitrogens with zero attached hydrogens (tertiary/aromatic N) is 1. The summed E-state index contributed by atoms with van der Waals surface area (Å²) in [6.07, 6.45) is 6.67. The van der Waals surface area contributed by atoms with E-state index in [4.69, 9.17) is 9.57 Å². The van der Waals surface area contributed by atoms with E-state index in [0.717, 1.165) is 24.6 Å². The van der Waals surface area contributed by atoms with E-state index in [1.165, 1.54) is 16.2 Å². The molecule has 1 atom stereocenters. The molecular formula is C22H22N2O5S. The summed E-state index contributed by atoms with van der Waals surface area (Å²) < 4.78 is 32.8. The Morgan fingerprint density at radius 2 is 1.87 bits per heavy atom. The summed E-state index contributed by atoms with van der Waals surface area (Å²) in [5.41, 5.74) is 3.50. The van der Waals surface area contributed by atoms with Gasteiger partial charge in [0.25, 0.3) is 15.9 Å². The van der Waals surface area contributed by atoms with Crippen molar-refractivity contribution in [1.82, 2.24) is 9.45 Å². The fourth-order valence-electron chi connectivity index (χ4n) is 3.34. The molecule has 30 heavy (non-hydrogen) atoms. The van der Waals surface area contributed by atoms with E-state index in [2.05, 4.69) is 5.48 Å². The van der Waals surface area contributed by atoms with Gasteiger partial charge in [0.1, 0.15) is 0 Å². The second-order valence-corrected chi connectivity index (χ2v) is 8.74. The highest BCUT2D eigenvalue weighted by molar-refractivity contribution is 7.90. The first-order valence-electron chi connectivity index (χ1n) is 9.72. The third kappa shape index (κ3) is 4.30. The number of aromatic nitrogens is 1. The van der Waals surface area contributed by atoms with Crippen LogP contribution in [0.4, 0.5) is 0 Å². The standard InChI is InChI=1S/C22H22N2O5S/c25-21(23-29-22-12-6-7-15-28-22)14-13-17-16-24(20-11-5-4-10-19(17)20)30(26,27)18-8-2-1-3-9-18/h1-5,8-11,13-14,16,22H,6-7,12,15H2,(H,23,25)/b14-13+. The molecule has 2 heterocycles. The minimum Gasteiger partial charge on any atom is -0.350 e. The Morgan fingerprint density at radius 1 is 1.10 bits per heavy atom. The maximum Gasteiger partial charge on any atom is 0.268 e. The SMILES string of the molecule is O=C(/C=C/c1cn(S(=O)(=O)c2ccccc2)c2ccccc12)NOC1CCCCO1. The average Bonchev–Trinajstić information content (AvgIpc) is 3.17. The van der Waals surface area contributed by atoms with E-state index in [1.807, 2.05) is 12.1 Å². The highest BCUT2D eigenvalue weighted by atomic mass is 32.2. The van der Waals surface area contributed by atoms with E-state index in [9.17, 15) is 13.2 Å². The lowest BCUT2D eigenvalue weighted by molar-refractivity contribution is -0.198. The lowest BCUT2D eigenvalue weighted by Crippen LogP contribution is -2.32. The predicted octanol–water partition coefficient (Wildman–Crippen LogP) is 3.47. The van der Waals surface area contributed by atoms with Gasteiger partial charge >= 0.3 is 0 Å². The Labute approximate surface area is 174 Å². The Balaban J connectivity index is 1.58. The van der Waals surface area contributed by atoms with E-state index in [-0.39, 0.29) is 4.90 Å². The molecule has 7 nitrogen and oxygen atoms in total. The first kappa shape index (κ1) is 20.3. The van der Waals surface area contributed by atoms with Crippen molar-refractivity contribution in [3.05, 3.63) is 72.4 Å². The quantitative estimate of drug-likeness (QED) is 0.482. The van der Waals surface area contributed by atoms with Crippen LogP contribution in [0, 0.1) is 0 Å². The van der Waals surface area contributed by atoms with Gasteiger partial charge in [0, 0.05) is 36.3 Å². The van der Waals surface area contributed by atoms with Gasteiger partial charge in [-0.2, -0.15) is 0 Å². The number of para-hydroxylation sites is 1. The lowest BCUT2D eigenvalue weighted by Gasteiger charge is -2.21. The number of hydrogen-bond donors (Lipinski definition) is 1. The maximum atomic E-state index is 13.1. The average molecular weight is 426 g/mol. The Kier molecular flexibility index (Phi) is 5.98. The smallest absolute Gasteiger partial charge is 0.268 e. The lowest BCUT2D eigenvalue weighted by atomic mass is 10.1. The molecular weight excluding hydrogens is 404 g/mol. The van der Waals surface area contributed by atoms with E-state index >= 15 is 0 Å². The van der Waals surface area contributed by atoms with Crippen LogP contribution in [-0.4, -0.2) is 31.2 Å². The largest absolute Gasteiger partial charge is 0.350 e. The van der Waals surface area contributed by atoms with Gasteiger partial charge in [-0.25, -0.2) is 22.7 Å². The van der Waals surface area contributed by atoms with Gasteiger partial charge in [0.05, 0.1) is 10.4 Å². The molecule has 1 aliphatic rings. The molecule has 3 aromatic rings. The van der Waals surface area contributed by atoms with Crippen molar-refractivity contribution >= 4 is 32.9 Å². The molecule has 2 aromatic carbocycles.